The number of amides is 1. The van der Waals surface area contributed by atoms with Gasteiger partial charge in [-0.2, -0.15) is 0 Å². The molecular weight excluding hydrogens is 341 g/mol. The van der Waals surface area contributed by atoms with Crippen molar-refractivity contribution >= 4 is 23.4 Å². The maximum absolute atomic E-state index is 13.3. The molecule has 26 heavy (non-hydrogen) atoms. The Bertz CT molecular complexity index is 905. The molecule has 1 heterocycles. The normalized spacial score (nSPS) is 19.0. The van der Waals surface area contributed by atoms with Crippen molar-refractivity contribution in [2.45, 2.75) is 6.04 Å². The van der Waals surface area contributed by atoms with E-state index in [1.807, 2.05) is 0 Å². The second-order valence-electron chi connectivity index (χ2n) is 5.74. The van der Waals surface area contributed by atoms with Gasteiger partial charge in [0.1, 0.15) is 18.1 Å². The summed E-state index contributed by atoms with van der Waals surface area (Å²) in [5, 5.41) is 19.7. The highest BCUT2D eigenvalue weighted by atomic mass is 19.1. The minimum Gasteiger partial charge on any atom is -0.507 e. The summed E-state index contributed by atoms with van der Waals surface area (Å²) in [6.07, 6.45) is 0. The molecule has 7 heteroatoms. The molecule has 0 aromatic heterocycles. The number of halogens is 1. The van der Waals surface area contributed by atoms with Crippen LogP contribution in [-0.2, 0) is 14.4 Å². The van der Waals surface area contributed by atoms with Crippen molar-refractivity contribution in [3.05, 3.63) is 77.1 Å². The average molecular weight is 355 g/mol. The molecular formula is C19H14FNO5. The average Bonchev–Trinajstić information content (AvgIpc) is 2.87. The summed E-state index contributed by atoms with van der Waals surface area (Å²) >= 11 is 0. The predicted octanol–water partition coefficient (Wildman–Crippen LogP) is 2.33. The van der Waals surface area contributed by atoms with E-state index >= 15 is 0 Å². The Morgan fingerprint density at radius 3 is 2.19 bits per heavy atom. The number of likely N-dealkylation sites (tertiary alicyclic amines) is 1. The predicted molar refractivity (Wildman–Crippen MR) is 89.5 cm³/mol. The van der Waals surface area contributed by atoms with E-state index in [9.17, 15) is 23.9 Å². The Morgan fingerprint density at radius 1 is 1.00 bits per heavy atom. The van der Waals surface area contributed by atoms with Gasteiger partial charge in [-0.15, -0.1) is 0 Å². The number of carbonyl (C=O) groups is 3. The first kappa shape index (κ1) is 17.3. The smallest absolute Gasteiger partial charge is 0.323 e. The van der Waals surface area contributed by atoms with E-state index < -0.39 is 41.8 Å². The number of carboxylic acids is 1. The third-order valence-electron chi connectivity index (χ3n) is 4.08. The van der Waals surface area contributed by atoms with Crippen LogP contribution in [0.3, 0.4) is 0 Å². The number of aliphatic hydroxyl groups is 1. The molecule has 0 unspecified atom stereocenters. The largest absolute Gasteiger partial charge is 0.507 e. The molecule has 2 aromatic carbocycles. The van der Waals surface area contributed by atoms with E-state index in [0.29, 0.717) is 11.1 Å². The molecule has 6 nitrogen and oxygen atoms in total. The van der Waals surface area contributed by atoms with Crippen LogP contribution >= 0.6 is 0 Å². The van der Waals surface area contributed by atoms with Crippen LogP contribution in [0.2, 0.25) is 0 Å². The minimum absolute atomic E-state index is 0.228. The third-order valence-corrected chi connectivity index (χ3v) is 4.08. The highest BCUT2D eigenvalue weighted by molar-refractivity contribution is 6.46. The van der Waals surface area contributed by atoms with Crippen molar-refractivity contribution in [2.24, 2.45) is 0 Å². The number of Topliss-reactive ketones (excluding diaryl/α,β-unsaturated/α-hetero) is 1. The van der Waals surface area contributed by atoms with E-state index in [1.54, 1.807) is 30.3 Å². The Labute approximate surface area is 147 Å². The number of nitrogens with zero attached hydrogens (tertiary/aromatic N) is 1. The minimum atomic E-state index is -1.31. The van der Waals surface area contributed by atoms with Gasteiger partial charge in [0.25, 0.3) is 11.7 Å². The van der Waals surface area contributed by atoms with Gasteiger partial charge < -0.3 is 15.1 Å². The molecule has 0 aliphatic carbocycles. The van der Waals surface area contributed by atoms with E-state index in [4.69, 9.17) is 5.11 Å². The van der Waals surface area contributed by atoms with Gasteiger partial charge >= 0.3 is 5.97 Å². The Hall–Kier alpha value is -3.48. The van der Waals surface area contributed by atoms with Crippen LogP contribution in [0, 0.1) is 5.82 Å². The van der Waals surface area contributed by atoms with Gasteiger partial charge in [0.05, 0.1) is 11.6 Å². The number of rotatable bonds is 4. The molecule has 2 aromatic rings. The van der Waals surface area contributed by atoms with E-state index in [2.05, 4.69) is 0 Å². The zero-order valence-electron chi connectivity index (χ0n) is 13.4. The van der Waals surface area contributed by atoms with Gasteiger partial charge in [0.2, 0.25) is 0 Å². The summed E-state index contributed by atoms with van der Waals surface area (Å²) in [5.74, 6) is -4.25. The standard InChI is InChI=1S/C19H14FNO5/c20-13-8-6-11(7-9-13)16-15(17(24)12-4-2-1-3-5-12)18(25)19(26)21(16)10-14(22)23/h1-9,16,24H,10H2,(H,22,23)/b17-15+/t16-/m0/s1. The van der Waals surface area contributed by atoms with E-state index in [-0.39, 0.29) is 5.57 Å². The van der Waals surface area contributed by atoms with Crippen molar-refractivity contribution in [3.63, 3.8) is 0 Å². The number of carbonyl (C=O) groups excluding carboxylic acids is 2. The number of carboxylic acid groups (broad SMARTS) is 1. The molecule has 0 saturated carbocycles. The molecule has 1 saturated heterocycles. The number of aliphatic hydroxyl groups excluding tert-OH is 1. The van der Waals surface area contributed by atoms with Crippen molar-refractivity contribution < 1.29 is 29.0 Å². The molecule has 2 N–H and O–H groups in total. The monoisotopic (exact) mass is 355 g/mol. The van der Waals surface area contributed by atoms with E-state index in [0.717, 1.165) is 17.0 Å². The summed E-state index contributed by atoms with van der Waals surface area (Å²) < 4.78 is 13.3. The number of aliphatic carboxylic acids is 1. The zero-order chi connectivity index (χ0) is 18.8. The fourth-order valence-electron chi connectivity index (χ4n) is 2.93. The van der Waals surface area contributed by atoms with Gasteiger partial charge in [-0.1, -0.05) is 42.5 Å². The highest BCUT2D eigenvalue weighted by Crippen LogP contribution is 2.39. The molecule has 1 fully saturated rings. The molecule has 132 valence electrons. The summed E-state index contributed by atoms with van der Waals surface area (Å²) in [5.41, 5.74) is 0.409. The van der Waals surface area contributed by atoms with Crippen molar-refractivity contribution in [3.8, 4) is 0 Å². The quantitative estimate of drug-likeness (QED) is 0.499. The van der Waals surface area contributed by atoms with Crippen LogP contribution in [0.5, 0.6) is 0 Å². The van der Waals surface area contributed by atoms with Crippen LogP contribution < -0.4 is 0 Å². The van der Waals surface area contributed by atoms with Crippen molar-refractivity contribution in [2.75, 3.05) is 6.54 Å². The molecule has 0 bridgehead atoms. The molecule has 1 atom stereocenters. The number of hydrogen-bond acceptors (Lipinski definition) is 4. The second-order valence-corrected chi connectivity index (χ2v) is 5.74. The Balaban J connectivity index is 2.19. The first-order valence-electron chi connectivity index (χ1n) is 7.71. The van der Waals surface area contributed by atoms with Gasteiger partial charge in [-0.05, 0) is 17.7 Å². The number of hydrogen-bond donors (Lipinski definition) is 2. The molecule has 0 spiro atoms. The van der Waals surface area contributed by atoms with Gasteiger partial charge in [-0.3, -0.25) is 14.4 Å². The lowest BCUT2D eigenvalue weighted by Gasteiger charge is -2.23. The van der Waals surface area contributed by atoms with Gasteiger partial charge in [-0.25, -0.2) is 4.39 Å². The van der Waals surface area contributed by atoms with Crippen LogP contribution in [0.4, 0.5) is 4.39 Å². The maximum Gasteiger partial charge on any atom is 0.323 e. The SMILES string of the molecule is O=C(O)CN1C(=O)C(=O)/C(=C(/O)c2ccccc2)[C@@H]1c1ccc(F)cc1. The lowest BCUT2D eigenvalue weighted by Crippen LogP contribution is -2.34. The number of benzene rings is 2. The molecule has 1 aliphatic heterocycles. The fraction of sp³-hybridized carbons (Fsp3) is 0.105. The fourth-order valence-corrected chi connectivity index (χ4v) is 2.93. The lowest BCUT2D eigenvalue weighted by molar-refractivity contribution is -0.146. The molecule has 1 amide bonds. The maximum atomic E-state index is 13.3. The third kappa shape index (κ3) is 3.06. The van der Waals surface area contributed by atoms with E-state index in [1.165, 1.54) is 12.1 Å². The zero-order valence-corrected chi connectivity index (χ0v) is 13.4. The Kier molecular flexibility index (Phi) is 4.53. The Morgan fingerprint density at radius 2 is 1.62 bits per heavy atom. The molecule has 0 radical (unpaired) electrons. The highest BCUT2D eigenvalue weighted by Gasteiger charge is 2.46. The lowest BCUT2D eigenvalue weighted by atomic mass is 9.95. The first-order chi connectivity index (χ1) is 12.4. The van der Waals surface area contributed by atoms with Crippen molar-refractivity contribution in [1.29, 1.82) is 0 Å². The first-order valence-corrected chi connectivity index (χ1v) is 7.71. The summed E-state index contributed by atoms with van der Waals surface area (Å²) in [7, 11) is 0. The van der Waals surface area contributed by atoms with Gasteiger partial charge in [0, 0.05) is 5.56 Å². The summed E-state index contributed by atoms with van der Waals surface area (Å²) in [6, 6.07) is 12.0. The van der Waals surface area contributed by atoms with Crippen LogP contribution in [0.15, 0.2) is 60.2 Å². The van der Waals surface area contributed by atoms with Crippen LogP contribution in [-0.4, -0.2) is 39.3 Å². The second kappa shape index (κ2) is 6.79. The van der Waals surface area contributed by atoms with Crippen molar-refractivity contribution in [1.82, 2.24) is 4.90 Å². The van der Waals surface area contributed by atoms with Gasteiger partial charge in [0.15, 0.2) is 0 Å². The molecule has 3 rings (SSSR count). The molecule has 1 aliphatic rings. The van der Waals surface area contributed by atoms with Crippen LogP contribution in [0.25, 0.3) is 5.76 Å². The topological polar surface area (TPSA) is 94.9 Å². The van der Waals surface area contributed by atoms with Crippen LogP contribution in [0.1, 0.15) is 17.2 Å². The number of ketones is 1. The summed E-state index contributed by atoms with van der Waals surface area (Å²) in [4.78, 5) is 36.8. The summed E-state index contributed by atoms with van der Waals surface area (Å²) in [6.45, 7) is -0.724.